The highest BCUT2D eigenvalue weighted by atomic mass is 19.4. The van der Waals surface area contributed by atoms with Crippen molar-refractivity contribution in [3.05, 3.63) is 65.6 Å². The van der Waals surface area contributed by atoms with Gasteiger partial charge in [-0.1, -0.05) is 24.3 Å². The van der Waals surface area contributed by atoms with Crippen LogP contribution < -0.4 is 10.6 Å². The van der Waals surface area contributed by atoms with Crippen LogP contribution in [-0.4, -0.2) is 28.7 Å². The maximum atomic E-state index is 13.4. The molecule has 2 amide bonds. The molecule has 172 valence electrons. The summed E-state index contributed by atoms with van der Waals surface area (Å²) in [5.74, 6) is -1.46. The number of alkyl halides is 3. The number of nitrogens with one attached hydrogen (secondary N) is 2. The number of carbonyl (C=O) groups excluding carboxylic acids is 2. The SMILES string of the molecule is COCc1nn2c(c1-c1ccc(F)cc1)NC(=O)C2CC(=O)Nc1ccccc1C(F)(F)F. The summed E-state index contributed by atoms with van der Waals surface area (Å²) in [5, 5.41) is 9.28. The molecule has 7 nitrogen and oxygen atoms in total. The predicted octanol–water partition coefficient (Wildman–Crippen LogP) is 4.38. The standard InChI is InChI=1S/C22H18F4N4O3/c1-33-11-16-19(12-6-8-13(23)9-7-12)20-28-21(32)17(30(20)29-16)10-18(31)27-15-5-3-2-4-14(15)22(24,25)26/h2-9,17H,10-11H2,1H3,(H,27,31)(H,28,32). The first-order valence-corrected chi connectivity index (χ1v) is 9.82. The molecule has 2 aromatic carbocycles. The summed E-state index contributed by atoms with van der Waals surface area (Å²) in [6.07, 6.45) is -5.09. The zero-order valence-electron chi connectivity index (χ0n) is 17.2. The van der Waals surface area contributed by atoms with Crippen molar-refractivity contribution in [3.8, 4) is 11.1 Å². The fraction of sp³-hybridized carbons (Fsp3) is 0.227. The van der Waals surface area contributed by atoms with Gasteiger partial charge in [0.15, 0.2) is 0 Å². The molecule has 1 atom stereocenters. The highest BCUT2D eigenvalue weighted by Crippen LogP contribution is 2.39. The molecule has 3 aromatic rings. The van der Waals surface area contributed by atoms with E-state index in [-0.39, 0.29) is 6.61 Å². The van der Waals surface area contributed by atoms with Crippen molar-refractivity contribution in [1.82, 2.24) is 9.78 Å². The Labute approximate surface area is 185 Å². The molecule has 0 fully saturated rings. The fourth-order valence-electron chi connectivity index (χ4n) is 3.69. The molecule has 2 heterocycles. The van der Waals surface area contributed by atoms with E-state index < -0.39 is 47.5 Å². The molecule has 33 heavy (non-hydrogen) atoms. The number of fused-ring (bicyclic) bond motifs is 1. The van der Waals surface area contributed by atoms with Crippen LogP contribution in [0.3, 0.4) is 0 Å². The molecular formula is C22H18F4N4O3. The summed E-state index contributed by atoms with van der Waals surface area (Å²) < 4.78 is 59.5. The summed E-state index contributed by atoms with van der Waals surface area (Å²) in [6, 6.07) is 9.05. The predicted molar refractivity (Wildman–Crippen MR) is 111 cm³/mol. The van der Waals surface area contributed by atoms with Gasteiger partial charge < -0.3 is 15.4 Å². The van der Waals surface area contributed by atoms with E-state index in [4.69, 9.17) is 4.74 Å². The molecular weight excluding hydrogens is 444 g/mol. The highest BCUT2D eigenvalue weighted by Gasteiger charge is 2.38. The largest absolute Gasteiger partial charge is 0.418 e. The van der Waals surface area contributed by atoms with Crippen LogP contribution in [0, 0.1) is 5.82 Å². The van der Waals surface area contributed by atoms with E-state index in [9.17, 15) is 27.2 Å². The molecule has 1 unspecified atom stereocenters. The van der Waals surface area contributed by atoms with E-state index in [0.29, 0.717) is 22.6 Å². The monoisotopic (exact) mass is 462 g/mol. The topological polar surface area (TPSA) is 85.2 Å². The Morgan fingerprint density at radius 3 is 2.55 bits per heavy atom. The van der Waals surface area contributed by atoms with E-state index >= 15 is 0 Å². The van der Waals surface area contributed by atoms with Crippen LogP contribution in [-0.2, 0) is 27.1 Å². The minimum Gasteiger partial charge on any atom is -0.378 e. The third-order valence-electron chi connectivity index (χ3n) is 5.12. The van der Waals surface area contributed by atoms with Gasteiger partial charge in [0.25, 0.3) is 5.91 Å². The molecule has 0 saturated carbocycles. The number of hydrogen-bond donors (Lipinski definition) is 2. The Balaban J connectivity index is 1.62. The minimum atomic E-state index is -4.65. The molecule has 0 bridgehead atoms. The fourth-order valence-corrected chi connectivity index (χ4v) is 3.69. The third kappa shape index (κ3) is 4.44. The van der Waals surface area contributed by atoms with Crippen molar-refractivity contribution in [2.45, 2.75) is 25.2 Å². The molecule has 0 aliphatic carbocycles. The lowest BCUT2D eigenvalue weighted by atomic mass is 10.1. The molecule has 0 radical (unpaired) electrons. The smallest absolute Gasteiger partial charge is 0.378 e. The zero-order chi connectivity index (χ0) is 23.8. The molecule has 0 spiro atoms. The number of methoxy groups -OCH3 is 1. The lowest BCUT2D eigenvalue weighted by Gasteiger charge is -2.14. The van der Waals surface area contributed by atoms with E-state index in [0.717, 1.165) is 12.1 Å². The van der Waals surface area contributed by atoms with Gasteiger partial charge in [0.1, 0.15) is 17.7 Å². The minimum absolute atomic E-state index is 0.0838. The van der Waals surface area contributed by atoms with Gasteiger partial charge in [0, 0.05) is 12.7 Å². The van der Waals surface area contributed by atoms with E-state index in [1.54, 1.807) is 0 Å². The normalized spacial score (nSPS) is 15.3. The number of hydrogen-bond acceptors (Lipinski definition) is 4. The molecule has 1 aliphatic heterocycles. The number of amides is 2. The molecule has 1 aliphatic rings. The molecule has 0 saturated heterocycles. The van der Waals surface area contributed by atoms with Gasteiger partial charge in [0.2, 0.25) is 5.91 Å². The second-order valence-electron chi connectivity index (χ2n) is 7.36. The molecule has 4 rings (SSSR count). The van der Waals surface area contributed by atoms with Crippen molar-refractivity contribution >= 4 is 23.3 Å². The Hall–Kier alpha value is -3.73. The van der Waals surface area contributed by atoms with Crippen LogP contribution in [0.15, 0.2) is 48.5 Å². The number of nitrogens with zero attached hydrogens (tertiary/aromatic N) is 2. The van der Waals surface area contributed by atoms with Crippen LogP contribution in [0.1, 0.15) is 23.7 Å². The van der Waals surface area contributed by atoms with Crippen molar-refractivity contribution in [2.75, 3.05) is 17.7 Å². The average molecular weight is 462 g/mol. The van der Waals surface area contributed by atoms with Crippen LogP contribution in [0.4, 0.5) is 29.1 Å². The van der Waals surface area contributed by atoms with Crippen molar-refractivity contribution in [3.63, 3.8) is 0 Å². The summed E-state index contributed by atoms with van der Waals surface area (Å²) in [5.41, 5.74) is 0.146. The number of rotatable bonds is 6. The zero-order valence-corrected chi connectivity index (χ0v) is 17.2. The number of carbonyl (C=O) groups is 2. The highest BCUT2D eigenvalue weighted by molar-refractivity contribution is 6.04. The summed E-state index contributed by atoms with van der Waals surface area (Å²) in [7, 11) is 1.46. The Morgan fingerprint density at radius 1 is 1.18 bits per heavy atom. The van der Waals surface area contributed by atoms with Gasteiger partial charge in [-0.15, -0.1) is 0 Å². The Kier molecular flexibility index (Phi) is 5.90. The summed E-state index contributed by atoms with van der Waals surface area (Å²) in [4.78, 5) is 25.2. The van der Waals surface area contributed by atoms with E-state index in [1.807, 2.05) is 0 Å². The number of anilines is 2. The van der Waals surface area contributed by atoms with Gasteiger partial charge in [-0.2, -0.15) is 18.3 Å². The second-order valence-corrected chi connectivity index (χ2v) is 7.36. The Bertz CT molecular complexity index is 1210. The van der Waals surface area contributed by atoms with Crippen molar-refractivity contribution in [1.29, 1.82) is 0 Å². The summed E-state index contributed by atoms with van der Waals surface area (Å²) in [6.45, 7) is 0.0838. The number of aromatic nitrogens is 2. The van der Waals surface area contributed by atoms with E-state index in [1.165, 1.54) is 48.2 Å². The van der Waals surface area contributed by atoms with E-state index in [2.05, 4.69) is 15.7 Å². The van der Waals surface area contributed by atoms with Gasteiger partial charge >= 0.3 is 6.18 Å². The lowest BCUT2D eigenvalue weighted by Crippen LogP contribution is -2.24. The maximum Gasteiger partial charge on any atom is 0.418 e. The van der Waals surface area contributed by atoms with Crippen LogP contribution in [0.2, 0.25) is 0 Å². The third-order valence-corrected chi connectivity index (χ3v) is 5.12. The number of benzene rings is 2. The summed E-state index contributed by atoms with van der Waals surface area (Å²) >= 11 is 0. The number of ether oxygens (including phenoxy) is 1. The van der Waals surface area contributed by atoms with Crippen LogP contribution in [0.5, 0.6) is 0 Å². The van der Waals surface area contributed by atoms with Crippen LogP contribution in [0.25, 0.3) is 11.1 Å². The first-order chi connectivity index (χ1) is 15.7. The average Bonchev–Trinajstić information content (AvgIpc) is 3.24. The molecule has 11 heteroatoms. The maximum absolute atomic E-state index is 13.4. The van der Waals surface area contributed by atoms with Crippen molar-refractivity contribution in [2.24, 2.45) is 0 Å². The lowest BCUT2D eigenvalue weighted by molar-refractivity contribution is -0.137. The van der Waals surface area contributed by atoms with Gasteiger partial charge in [-0.05, 0) is 29.8 Å². The second kappa shape index (κ2) is 8.66. The molecule has 2 N–H and O–H groups in total. The van der Waals surface area contributed by atoms with Gasteiger partial charge in [-0.25, -0.2) is 9.07 Å². The molecule has 1 aromatic heterocycles. The number of halogens is 4. The van der Waals surface area contributed by atoms with Crippen LogP contribution >= 0.6 is 0 Å². The Morgan fingerprint density at radius 2 is 1.88 bits per heavy atom. The number of para-hydroxylation sites is 1. The first kappa shape index (κ1) is 22.5. The van der Waals surface area contributed by atoms with Crippen molar-refractivity contribution < 1.29 is 31.9 Å². The van der Waals surface area contributed by atoms with Gasteiger partial charge in [0.05, 0.1) is 30.0 Å². The quantitative estimate of drug-likeness (QED) is 0.533. The van der Waals surface area contributed by atoms with Gasteiger partial charge in [-0.3, -0.25) is 9.59 Å². The first-order valence-electron chi connectivity index (χ1n) is 9.82.